The third-order valence-corrected chi connectivity index (χ3v) is 4.23. The minimum absolute atomic E-state index is 0.0176. The van der Waals surface area contributed by atoms with E-state index in [1.807, 2.05) is 0 Å². The summed E-state index contributed by atoms with van der Waals surface area (Å²) in [6.45, 7) is 2.60. The van der Waals surface area contributed by atoms with E-state index in [-0.39, 0.29) is 17.2 Å². The van der Waals surface area contributed by atoms with Gasteiger partial charge in [0.1, 0.15) is 11.4 Å². The van der Waals surface area contributed by atoms with Gasteiger partial charge in [0.2, 0.25) is 5.91 Å². The Morgan fingerprint density at radius 3 is 2.77 bits per heavy atom. The molecule has 1 amide bonds. The Labute approximate surface area is 127 Å². The number of carbonyl (C=O) groups excluding carboxylic acids is 2. The van der Waals surface area contributed by atoms with E-state index in [0.29, 0.717) is 13.2 Å². The van der Waals surface area contributed by atoms with Crippen molar-refractivity contribution in [1.82, 2.24) is 0 Å². The summed E-state index contributed by atoms with van der Waals surface area (Å²) < 4.78 is 24.6. The number of esters is 1. The van der Waals surface area contributed by atoms with Gasteiger partial charge in [0.25, 0.3) is 0 Å². The first-order valence-electron chi connectivity index (χ1n) is 7.38. The highest BCUT2D eigenvalue weighted by Gasteiger charge is 2.54. The Kier molecular flexibility index (Phi) is 3.87. The largest absolute Gasteiger partial charge is 0.455 e. The highest BCUT2D eigenvalue weighted by Crippen LogP contribution is 2.49. The molecule has 0 unspecified atom stereocenters. The first kappa shape index (κ1) is 15.0. The van der Waals surface area contributed by atoms with Crippen LogP contribution >= 0.6 is 0 Å². The number of hydrogen-bond acceptors (Lipinski definition) is 4. The quantitative estimate of drug-likeness (QED) is 0.868. The molecule has 1 atom stereocenters. The molecule has 5 nitrogen and oxygen atoms in total. The van der Waals surface area contributed by atoms with Crippen LogP contribution in [0.2, 0.25) is 0 Å². The minimum Gasteiger partial charge on any atom is -0.455 e. The molecule has 0 spiro atoms. The van der Waals surface area contributed by atoms with Gasteiger partial charge in [-0.05, 0) is 37.5 Å². The second-order valence-corrected chi connectivity index (χ2v) is 5.89. The first-order valence-corrected chi connectivity index (χ1v) is 7.38. The molecule has 3 rings (SSSR count). The van der Waals surface area contributed by atoms with Gasteiger partial charge in [-0.2, -0.15) is 0 Å². The van der Waals surface area contributed by atoms with Crippen molar-refractivity contribution in [3.8, 4) is 0 Å². The molecule has 2 fully saturated rings. The van der Waals surface area contributed by atoms with Crippen LogP contribution in [0.25, 0.3) is 0 Å². The SMILES string of the molecule is CC(=O)Nc1cc(C(=O)OC2([C@@H]3CCOC3)CC2)ccc1F. The lowest BCUT2D eigenvalue weighted by atomic mass is 9.99. The van der Waals surface area contributed by atoms with Crippen molar-refractivity contribution in [2.75, 3.05) is 18.5 Å². The summed E-state index contributed by atoms with van der Waals surface area (Å²) in [7, 11) is 0. The van der Waals surface area contributed by atoms with Crippen LogP contribution in [0.15, 0.2) is 18.2 Å². The second kappa shape index (κ2) is 5.68. The van der Waals surface area contributed by atoms with E-state index >= 15 is 0 Å². The third-order valence-electron chi connectivity index (χ3n) is 4.23. The van der Waals surface area contributed by atoms with E-state index in [9.17, 15) is 14.0 Å². The molecule has 2 aliphatic rings. The summed E-state index contributed by atoms with van der Waals surface area (Å²) in [5.41, 5.74) is -0.206. The van der Waals surface area contributed by atoms with Crippen molar-refractivity contribution in [3.63, 3.8) is 0 Å². The summed E-state index contributed by atoms with van der Waals surface area (Å²) in [4.78, 5) is 23.4. The van der Waals surface area contributed by atoms with Crippen LogP contribution in [0, 0.1) is 11.7 Å². The summed E-state index contributed by atoms with van der Waals surface area (Å²) >= 11 is 0. The average Bonchev–Trinajstić information content (AvgIpc) is 3.02. The molecule has 0 radical (unpaired) electrons. The fourth-order valence-electron chi connectivity index (χ4n) is 2.85. The molecule has 22 heavy (non-hydrogen) atoms. The lowest BCUT2D eigenvalue weighted by Gasteiger charge is -2.22. The van der Waals surface area contributed by atoms with Crippen LogP contribution in [-0.4, -0.2) is 30.7 Å². The number of benzene rings is 1. The average molecular weight is 307 g/mol. The molecule has 118 valence electrons. The van der Waals surface area contributed by atoms with Gasteiger partial charge < -0.3 is 14.8 Å². The maximum Gasteiger partial charge on any atom is 0.338 e. The summed E-state index contributed by atoms with van der Waals surface area (Å²) in [5, 5.41) is 2.36. The van der Waals surface area contributed by atoms with E-state index in [4.69, 9.17) is 9.47 Å². The number of hydrogen-bond donors (Lipinski definition) is 1. The lowest BCUT2D eigenvalue weighted by molar-refractivity contribution is -0.114. The van der Waals surface area contributed by atoms with Gasteiger partial charge in [0, 0.05) is 19.4 Å². The number of rotatable bonds is 4. The number of halogens is 1. The molecule has 1 aromatic carbocycles. The van der Waals surface area contributed by atoms with Crippen molar-refractivity contribution >= 4 is 17.6 Å². The number of amides is 1. The third kappa shape index (κ3) is 2.97. The Bertz CT molecular complexity index is 606. The van der Waals surface area contributed by atoms with Crippen LogP contribution in [0.1, 0.15) is 36.5 Å². The zero-order valence-electron chi connectivity index (χ0n) is 12.4. The number of nitrogens with one attached hydrogen (secondary N) is 1. The van der Waals surface area contributed by atoms with Crippen LogP contribution in [0.5, 0.6) is 0 Å². The summed E-state index contributed by atoms with van der Waals surface area (Å²) in [6, 6.07) is 3.82. The van der Waals surface area contributed by atoms with E-state index in [1.54, 1.807) is 0 Å². The molecule has 0 bridgehead atoms. The second-order valence-electron chi connectivity index (χ2n) is 5.89. The van der Waals surface area contributed by atoms with Crippen LogP contribution < -0.4 is 5.32 Å². The lowest BCUT2D eigenvalue weighted by Crippen LogP contribution is -2.29. The Morgan fingerprint density at radius 2 is 2.18 bits per heavy atom. The minimum atomic E-state index is -0.586. The Balaban J connectivity index is 1.73. The number of carbonyl (C=O) groups is 2. The first-order chi connectivity index (χ1) is 10.5. The van der Waals surface area contributed by atoms with Crippen molar-refractivity contribution in [2.24, 2.45) is 5.92 Å². The molecule has 6 heteroatoms. The highest BCUT2D eigenvalue weighted by molar-refractivity contribution is 5.94. The molecule has 1 aliphatic heterocycles. The van der Waals surface area contributed by atoms with Crippen molar-refractivity contribution in [3.05, 3.63) is 29.6 Å². The number of ether oxygens (including phenoxy) is 2. The maximum atomic E-state index is 13.6. The predicted molar refractivity (Wildman–Crippen MR) is 77.0 cm³/mol. The molecule has 1 aliphatic carbocycles. The standard InChI is InChI=1S/C16H18FNO4/c1-10(19)18-14-8-11(2-3-13(14)17)15(20)22-16(5-6-16)12-4-7-21-9-12/h2-3,8,12H,4-7,9H2,1H3,(H,18,19)/t12-/m1/s1. The summed E-state index contributed by atoms with van der Waals surface area (Å²) in [6.07, 6.45) is 2.58. The van der Waals surface area contributed by atoms with Gasteiger partial charge in [-0.3, -0.25) is 4.79 Å². The molecular formula is C16H18FNO4. The molecule has 1 saturated carbocycles. The molecule has 1 heterocycles. The van der Waals surface area contributed by atoms with Crippen LogP contribution in [0.3, 0.4) is 0 Å². The van der Waals surface area contributed by atoms with Gasteiger partial charge in [-0.25, -0.2) is 9.18 Å². The van der Waals surface area contributed by atoms with Crippen molar-refractivity contribution in [2.45, 2.75) is 31.8 Å². The zero-order chi connectivity index (χ0) is 15.7. The topological polar surface area (TPSA) is 64.6 Å². The van der Waals surface area contributed by atoms with E-state index in [2.05, 4.69) is 5.32 Å². The van der Waals surface area contributed by atoms with Gasteiger partial charge in [0.05, 0.1) is 17.9 Å². The molecule has 0 aromatic heterocycles. The number of anilines is 1. The van der Waals surface area contributed by atoms with Crippen molar-refractivity contribution in [1.29, 1.82) is 0 Å². The molecule has 1 aromatic rings. The molecular weight excluding hydrogens is 289 g/mol. The van der Waals surface area contributed by atoms with Gasteiger partial charge in [0.15, 0.2) is 0 Å². The Morgan fingerprint density at radius 1 is 1.41 bits per heavy atom. The van der Waals surface area contributed by atoms with Crippen LogP contribution in [-0.2, 0) is 14.3 Å². The highest BCUT2D eigenvalue weighted by atomic mass is 19.1. The monoisotopic (exact) mass is 307 g/mol. The normalized spacial score (nSPS) is 22.2. The fourth-order valence-corrected chi connectivity index (χ4v) is 2.85. The van der Waals surface area contributed by atoms with Gasteiger partial charge in [-0.1, -0.05) is 0 Å². The van der Waals surface area contributed by atoms with Gasteiger partial charge >= 0.3 is 5.97 Å². The molecule has 1 saturated heterocycles. The maximum absolute atomic E-state index is 13.6. The molecule has 1 N–H and O–H groups in total. The summed E-state index contributed by atoms with van der Waals surface area (Å²) in [5.74, 6) is -1.23. The fraction of sp³-hybridized carbons (Fsp3) is 0.500. The Hall–Kier alpha value is -1.95. The smallest absolute Gasteiger partial charge is 0.338 e. The predicted octanol–water partition coefficient (Wildman–Crippen LogP) is 2.51. The van der Waals surface area contributed by atoms with Crippen LogP contribution in [0.4, 0.5) is 10.1 Å². The van der Waals surface area contributed by atoms with E-state index < -0.39 is 23.3 Å². The van der Waals surface area contributed by atoms with E-state index in [0.717, 1.165) is 25.3 Å². The van der Waals surface area contributed by atoms with Gasteiger partial charge in [-0.15, -0.1) is 0 Å². The van der Waals surface area contributed by atoms with E-state index in [1.165, 1.54) is 19.1 Å². The zero-order valence-corrected chi connectivity index (χ0v) is 12.4. The van der Waals surface area contributed by atoms with Crippen molar-refractivity contribution < 1.29 is 23.5 Å².